The van der Waals surface area contributed by atoms with Crippen molar-refractivity contribution in [3.05, 3.63) is 29.8 Å². The van der Waals surface area contributed by atoms with Crippen LogP contribution in [0.15, 0.2) is 29.3 Å². The predicted molar refractivity (Wildman–Crippen MR) is 101 cm³/mol. The average Bonchev–Trinajstić information content (AvgIpc) is 2.95. The summed E-state index contributed by atoms with van der Waals surface area (Å²) in [6, 6.07) is 8.86. The van der Waals surface area contributed by atoms with Crippen LogP contribution >= 0.6 is 24.0 Å². The van der Waals surface area contributed by atoms with Crippen LogP contribution in [-0.2, 0) is 6.42 Å². The van der Waals surface area contributed by atoms with Crippen molar-refractivity contribution in [3.63, 3.8) is 0 Å². The smallest absolute Gasteiger partial charge is 0.191 e. The maximum absolute atomic E-state index is 5.95. The minimum absolute atomic E-state index is 0. The van der Waals surface area contributed by atoms with E-state index in [2.05, 4.69) is 27.8 Å². The van der Waals surface area contributed by atoms with Crippen LogP contribution in [0.4, 0.5) is 0 Å². The van der Waals surface area contributed by atoms with Crippen LogP contribution in [0.1, 0.15) is 37.7 Å². The van der Waals surface area contributed by atoms with Gasteiger partial charge in [-0.1, -0.05) is 37.5 Å². The molecule has 4 nitrogen and oxygen atoms in total. The van der Waals surface area contributed by atoms with Crippen molar-refractivity contribution >= 4 is 29.9 Å². The number of fused-ring (bicyclic) bond motifs is 1. The van der Waals surface area contributed by atoms with Gasteiger partial charge in [0.2, 0.25) is 0 Å². The molecule has 1 aliphatic carbocycles. The molecule has 3 rings (SSSR count). The van der Waals surface area contributed by atoms with Gasteiger partial charge in [-0.2, -0.15) is 0 Å². The highest BCUT2D eigenvalue weighted by molar-refractivity contribution is 14.0. The Labute approximate surface area is 150 Å². The van der Waals surface area contributed by atoms with Gasteiger partial charge in [0.25, 0.3) is 0 Å². The molecule has 1 saturated carbocycles. The first-order valence-electron chi connectivity index (χ1n) is 8.07. The predicted octanol–water partition coefficient (Wildman–Crippen LogP) is 3.11. The fraction of sp³-hybridized carbons (Fsp3) is 0.588. The molecule has 1 aliphatic heterocycles. The van der Waals surface area contributed by atoms with Crippen molar-refractivity contribution in [2.45, 2.75) is 50.7 Å². The van der Waals surface area contributed by atoms with Gasteiger partial charge in [0.05, 0.1) is 6.54 Å². The fourth-order valence-corrected chi connectivity index (χ4v) is 3.21. The topological polar surface area (TPSA) is 45.7 Å². The summed E-state index contributed by atoms with van der Waals surface area (Å²) in [5, 5.41) is 6.94. The van der Waals surface area contributed by atoms with E-state index in [0.29, 0.717) is 6.04 Å². The first-order valence-corrected chi connectivity index (χ1v) is 8.07. The van der Waals surface area contributed by atoms with Gasteiger partial charge in [-0.25, -0.2) is 0 Å². The van der Waals surface area contributed by atoms with Crippen LogP contribution in [0.25, 0.3) is 0 Å². The summed E-state index contributed by atoms with van der Waals surface area (Å²) in [5.41, 5.74) is 1.31. The number of hydrogen-bond donors (Lipinski definition) is 2. The van der Waals surface area contributed by atoms with Crippen molar-refractivity contribution in [2.75, 3.05) is 13.6 Å². The molecule has 0 aromatic heterocycles. The average molecular weight is 415 g/mol. The summed E-state index contributed by atoms with van der Waals surface area (Å²) >= 11 is 0. The molecule has 22 heavy (non-hydrogen) atoms. The van der Waals surface area contributed by atoms with E-state index in [-0.39, 0.29) is 30.1 Å². The van der Waals surface area contributed by atoms with E-state index in [9.17, 15) is 0 Å². The van der Waals surface area contributed by atoms with Gasteiger partial charge < -0.3 is 15.4 Å². The summed E-state index contributed by atoms with van der Waals surface area (Å²) in [7, 11) is 1.84. The molecule has 1 atom stereocenters. The number of nitrogens with one attached hydrogen (secondary N) is 2. The van der Waals surface area contributed by atoms with E-state index in [1.807, 2.05) is 19.2 Å². The number of nitrogens with zero attached hydrogens (tertiary/aromatic N) is 1. The second-order valence-electron chi connectivity index (χ2n) is 5.98. The molecule has 0 spiro atoms. The van der Waals surface area contributed by atoms with Gasteiger partial charge in [-0.3, -0.25) is 4.99 Å². The van der Waals surface area contributed by atoms with Crippen LogP contribution in [0.5, 0.6) is 5.75 Å². The normalized spacial score (nSPS) is 21.5. The number of benzene rings is 1. The largest absolute Gasteiger partial charge is 0.488 e. The highest BCUT2D eigenvalue weighted by Crippen LogP contribution is 2.27. The Bertz CT molecular complexity index is 475. The monoisotopic (exact) mass is 415 g/mol. The Morgan fingerprint density at radius 1 is 1.23 bits per heavy atom. The second kappa shape index (κ2) is 8.60. The molecule has 2 aliphatic rings. The zero-order valence-corrected chi connectivity index (χ0v) is 15.5. The van der Waals surface area contributed by atoms with E-state index < -0.39 is 0 Å². The Morgan fingerprint density at radius 3 is 2.73 bits per heavy atom. The van der Waals surface area contributed by atoms with E-state index in [4.69, 9.17) is 4.74 Å². The van der Waals surface area contributed by atoms with Crippen LogP contribution in [0.3, 0.4) is 0 Å². The van der Waals surface area contributed by atoms with Crippen molar-refractivity contribution < 1.29 is 4.74 Å². The third kappa shape index (κ3) is 4.51. The lowest BCUT2D eigenvalue weighted by Crippen LogP contribution is -2.46. The van der Waals surface area contributed by atoms with Crippen molar-refractivity contribution in [3.8, 4) is 5.75 Å². The summed E-state index contributed by atoms with van der Waals surface area (Å²) in [6.07, 6.45) is 7.72. The lowest BCUT2D eigenvalue weighted by Gasteiger charge is -2.25. The summed E-state index contributed by atoms with van der Waals surface area (Å²) in [6.45, 7) is 0.793. The number of rotatable bonds is 3. The molecule has 0 saturated heterocycles. The molecule has 5 heteroatoms. The van der Waals surface area contributed by atoms with Gasteiger partial charge in [0.1, 0.15) is 11.9 Å². The summed E-state index contributed by atoms with van der Waals surface area (Å²) < 4.78 is 5.95. The Hall–Kier alpha value is -0.980. The minimum Gasteiger partial charge on any atom is -0.488 e. The van der Waals surface area contributed by atoms with Crippen LogP contribution in [-0.4, -0.2) is 31.7 Å². The third-order valence-corrected chi connectivity index (χ3v) is 4.38. The molecule has 0 radical (unpaired) electrons. The number of guanidine groups is 1. The third-order valence-electron chi connectivity index (χ3n) is 4.38. The summed E-state index contributed by atoms with van der Waals surface area (Å²) in [4.78, 5) is 4.33. The highest BCUT2D eigenvalue weighted by Gasteiger charge is 2.22. The van der Waals surface area contributed by atoms with Gasteiger partial charge in [0.15, 0.2) is 5.96 Å². The van der Waals surface area contributed by atoms with Gasteiger partial charge in [-0.05, 0) is 24.5 Å². The molecule has 1 unspecified atom stereocenters. The molecule has 0 amide bonds. The molecule has 1 fully saturated rings. The zero-order valence-electron chi connectivity index (χ0n) is 13.2. The van der Waals surface area contributed by atoms with E-state index in [0.717, 1.165) is 24.7 Å². The first-order chi connectivity index (χ1) is 10.3. The van der Waals surface area contributed by atoms with Crippen molar-refractivity contribution in [2.24, 2.45) is 4.99 Å². The van der Waals surface area contributed by atoms with E-state index in [1.54, 1.807) is 0 Å². The lowest BCUT2D eigenvalue weighted by atomic mass is 9.96. The second-order valence-corrected chi connectivity index (χ2v) is 5.98. The minimum atomic E-state index is 0. The van der Waals surface area contributed by atoms with Gasteiger partial charge >= 0.3 is 0 Å². The standard InChI is InChI=1S/C17H25N3O.HI/c1-18-17(20-14-8-3-2-4-9-14)19-12-15-11-13-7-5-6-10-16(13)21-15;/h5-7,10,14-15H,2-4,8-9,11-12H2,1H3,(H2,18,19,20);1H. The maximum Gasteiger partial charge on any atom is 0.191 e. The lowest BCUT2D eigenvalue weighted by molar-refractivity contribution is 0.234. The molecule has 1 aromatic carbocycles. The van der Waals surface area contributed by atoms with Crippen LogP contribution in [0, 0.1) is 0 Å². The fourth-order valence-electron chi connectivity index (χ4n) is 3.21. The number of para-hydroxylation sites is 1. The Morgan fingerprint density at radius 2 is 2.00 bits per heavy atom. The van der Waals surface area contributed by atoms with Crippen molar-refractivity contribution in [1.82, 2.24) is 10.6 Å². The van der Waals surface area contributed by atoms with Gasteiger partial charge in [0, 0.05) is 19.5 Å². The highest BCUT2D eigenvalue weighted by atomic mass is 127. The molecule has 2 N–H and O–H groups in total. The SMILES string of the molecule is CN=C(NCC1Cc2ccccc2O1)NC1CCCCC1.I. The van der Waals surface area contributed by atoms with Gasteiger partial charge in [-0.15, -0.1) is 24.0 Å². The van der Waals surface area contributed by atoms with Crippen molar-refractivity contribution in [1.29, 1.82) is 0 Å². The van der Waals surface area contributed by atoms with E-state index in [1.165, 1.54) is 37.7 Å². The number of halogens is 1. The zero-order chi connectivity index (χ0) is 14.5. The quantitative estimate of drug-likeness (QED) is 0.453. The molecule has 1 aromatic rings. The maximum atomic E-state index is 5.95. The number of aliphatic imine (C=N–C) groups is 1. The number of ether oxygens (including phenoxy) is 1. The molecule has 122 valence electrons. The van der Waals surface area contributed by atoms with Crippen LogP contribution < -0.4 is 15.4 Å². The Balaban J connectivity index is 0.00000176. The number of hydrogen-bond acceptors (Lipinski definition) is 2. The van der Waals surface area contributed by atoms with Crippen LogP contribution in [0.2, 0.25) is 0 Å². The van der Waals surface area contributed by atoms with E-state index >= 15 is 0 Å². The summed E-state index contributed by atoms with van der Waals surface area (Å²) in [5.74, 6) is 1.93. The molecule has 1 heterocycles. The first kappa shape index (κ1) is 17.4. The Kier molecular flexibility index (Phi) is 6.79. The molecule has 0 bridgehead atoms. The molecular formula is C17H26IN3O. The molecular weight excluding hydrogens is 389 g/mol.